The van der Waals surface area contributed by atoms with Gasteiger partial charge in [-0.2, -0.15) is 0 Å². The third-order valence-corrected chi connectivity index (χ3v) is 3.67. The number of fused-ring (bicyclic) bond motifs is 1. The van der Waals surface area contributed by atoms with Gasteiger partial charge in [0.2, 0.25) is 0 Å². The Morgan fingerprint density at radius 3 is 3.00 bits per heavy atom. The van der Waals surface area contributed by atoms with E-state index in [0.29, 0.717) is 5.69 Å². The fraction of sp³-hybridized carbons (Fsp3) is 0.308. The molecule has 2 rings (SSSR count). The third kappa shape index (κ3) is 2.90. The molecule has 1 heterocycles. The zero-order valence-corrected chi connectivity index (χ0v) is 11.7. The Morgan fingerprint density at radius 1 is 1.63 bits per heavy atom. The van der Waals surface area contributed by atoms with Gasteiger partial charge in [-0.1, -0.05) is 6.08 Å². The highest BCUT2D eigenvalue weighted by Gasteiger charge is 2.18. The van der Waals surface area contributed by atoms with E-state index in [2.05, 4.69) is 16.9 Å². The lowest BCUT2D eigenvalue weighted by Crippen LogP contribution is -2.14. The molecular weight excluding hydrogens is 262 g/mol. The predicted octanol–water partition coefficient (Wildman–Crippen LogP) is 3.89. The number of thiazole rings is 1. The molecule has 0 aliphatic carbocycles. The number of hydrogen-bond donors (Lipinski definition) is 1. The van der Waals surface area contributed by atoms with Gasteiger partial charge in [0, 0.05) is 12.1 Å². The summed E-state index contributed by atoms with van der Waals surface area (Å²) in [5.74, 6) is 0. The molecule has 0 spiro atoms. The van der Waals surface area contributed by atoms with E-state index < -0.39 is 0 Å². The predicted molar refractivity (Wildman–Crippen MR) is 78.9 cm³/mol. The number of benzene rings is 1. The van der Waals surface area contributed by atoms with Crippen molar-refractivity contribution >= 4 is 32.9 Å². The molecule has 1 N–H and O–H groups in total. The molecule has 0 bridgehead atoms. The molecule has 0 fully saturated rings. The van der Waals surface area contributed by atoms with Crippen LogP contribution in [-0.2, 0) is 0 Å². The highest BCUT2D eigenvalue weighted by Crippen LogP contribution is 2.33. The summed E-state index contributed by atoms with van der Waals surface area (Å²) < 4.78 is 0.839. The normalized spacial score (nSPS) is 12.3. The van der Waals surface area contributed by atoms with Crippen molar-refractivity contribution < 1.29 is 4.92 Å². The number of nitro benzene ring substituents is 1. The zero-order chi connectivity index (χ0) is 14.0. The number of nitrogens with one attached hydrogen (secondary N) is 1. The lowest BCUT2D eigenvalue weighted by atomic mass is 10.2. The minimum Gasteiger partial charge on any atom is -0.377 e. The number of rotatable bonds is 5. The van der Waals surface area contributed by atoms with Crippen LogP contribution in [0, 0.1) is 17.0 Å². The standard InChI is InChI=1S/C13H15N3O2S/c1-4-5-8(2)14-10-6-11-13(19-9(3)15-11)7-12(10)16(17)18/h4,6-8,14H,1,5H2,2-3H3. The summed E-state index contributed by atoms with van der Waals surface area (Å²) in [4.78, 5) is 15.1. The first-order chi connectivity index (χ1) is 9.01. The second-order valence-electron chi connectivity index (χ2n) is 4.40. The van der Waals surface area contributed by atoms with Gasteiger partial charge in [-0.15, -0.1) is 17.9 Å². The molecule has 0 aliphatic heterocycles. The summed E-state index contributed by atoms with van der Waals surface area (Å²) in [6.45, 7) is 7.52. The van der Waals surface area contributed by atoms with E-state index in [0.717, 1.165) is 21.6 Å². The van der Waals surface area contributed by atoms with E-state index in [-0.39, 0.29) is 16.7 Å². The molecule has 1 aromatic heterocycles. The lowest BCUT2D eigenvalue weighted by Gasteiger charge is -2.13. The molecule has 0 saturated carbocycles. The number of hydrogen-bond acceptors (Lipinski definition) is 5. The third-order valence-electron chi connectivity index (χ3n) is 2.73. The van der Waals surface area contributed by atoms with Crippen molar-refractivity contribution in [1.29, 1.82) is 0 Å². The van der Waals surface area contributed by atoms with Gasteiger partial charge in [-0.3, -0.25) is 10.1 Å². The Labute approximate surface area is 115 Å². The van der Waals surface area contributed by atoms with Crippen molar-refractivity contribution in [1.82, 2.24) is 4.98 Å². The Morgan fingerprint density at radius 2 is 2.37 bits per heavy atom. The summed E-state index contributed by atoms with van der Waals surface area (Å²) in [5, 5.41) is 15.2. The smallest absolute Gasteiger partial charge is 0.293 e. The monoisotopic (exact) mass is 277 g/mol. The Kier molecular flexibility index (Phi) is 3.80. The van der Waals surface area contributed by atoms with Gasteiger partial charge in [-0.05, 0) is 26.3 Å². The van der Waals surface area contributed by atoms with Crippen LogP contribution in [0.5, 0.6) is 0 Å². The fourth-order valence-corrected chi connectivity index (χ4v) is 2.76. The van der Waals surface area contributed by atoms with Gasteiger partial charge in [0.05, 0.1) is 20.1 Å². The summed E-state index contributed by atoms with van der Waals surface area (Å²) >= 11 is 1.46. The van der Waals surface area contributed by atoms with Crippen LogP contribution in [-0.4, -0.2) is 15.9 Å². The van der Waals surface area contributed by atoms with Gasteiger partial charge in [0.25, 0.3) is 5.69 Å². The van der Waals surface area contributed by atoms with Crippen LogP contribution in [0.1, 0.15) is 18.4 Å². The molecule has 5 nitrogen and oxygen atoms in total. The maximum absolute atomic E-state index is 11.1. The van der Waals surface area contributed by atoms with Gasteiger partial charge >= 0.3 is 0 Å². The summed E-state index contributed by atoms with van der Waals surface area (Å²) in [5.41, 5.74) is 1.39. The van der Waals surface area contributed by atoms with Crippen LogP contribution in [0.4, 0.5) is 11.4 Å². The lowest BCUT2D eigenvalue weighted by molar-refractivity contribution is -0.383. The minimum absolute atomic E-state index is 0.0899. The van der Waals surface area contributed by atoms with Gasteiger partial charge in [-0.25, -0.2) is 4.98 Å². The number of nitrogens with zero attached hydrogens (tertiary/aromatic N) is 2. The van der Waals surface area contributed by atoms with Gasteiger partial charge in [0.15, 0.2) is 0 Å². The molecule has 0 amide bonds. The largest absolute Gasteiger partial charge is 0.377 e. The van der Waals surface area contributed by atoms with Crippen LogP contribution in [0.2, 0.25) is 0 Å². The number of aromatic nitrogens is 1. The summed E-state index contributed by atoms with van der Waals surface area (Å²) in [7, 11) is 0. The first-order valence-corrected chi connectivity index (χ1v) is 6.76. The van der Waals surface area contributed by atoms with Crippen molar-refractivity contribution in [3.63, 3.8) is 0 Å². The SMILES string of the molecule is C=CCC(C)Nc1cc2nc(C)sc2cc1[N+](=O)[O-]. The zero-order valence-electron chi connectivity index (χ0n) is 10.8. The van der Waals surface area contributed by atoms with Crippen molar-refractivity contribution in [2.75, 3.05) is 5.32 Å². The maximum Gasteiger partial charge on any atom is 0.293 e. The topological polar surface area (TPSA) is 68.1 Å². The number of nitro groups is 1. The first-order valence-electron chi connectivity index (χ1n) is 5.94. The van der Waals surface area contributed by atoms with Crippen LogP contribution < -0.4 is 5.32 Å². The van der Waals surface area contributed by atoms with Gasteiger partial charge < -0.3 is 5.32 Å². The first kappa shape index (κ1) is 13.5. The second-order valence-corrected chi connectivity index (χ2v) is 5.63. The molecule has 19 heavy (non-hydrogen) atoms. The van der Waals surface area contributed by atoms with Crippen molar-refractivity contribution in [2.24, 2.45) is 0 Å². The van der Waals surface area contributed by atoms with Crippen molar-refractivity contribution in [3.8, 4) is 0 Å². The molecule has 0 aliphatic rings. The molecule has 1 unspecified atom stereocenters. The van der Waals surface area contributed by atoms with E-state index in [1.165, 1.54) is 11.3 Å². The van der Waals surface area contributed by atoms with Gasteiger partial charge in [0.1, 0.15) is 5.69 Å². The molecular formula is C13H15N3O2S. The fourth-order valence-electron chi connectivity index (χ4n) is 1.92. The summed E-state index contributed by atoms with van der Waals surface area (Å²) in [6, 6.07) is 3.42. The number of anilines is 1. The molecule has 100 valence electrons. The molecule has 6 heteroatoms. The highest BCUT2D eigenvalue weighted by atomic mass is 32.1. The molecule has 1 aromatic carbocycles. The van der Waals surface area contributed by atoms with E-state index in [4.69, 9.17) is 0 Å². The molecule has 0 radical (unpaired) electrons. The Balaban J connectivity index is 2.46. The van der Waals surface area contributed by atoms with E-state index in [1.54, 1.807) is 18.2 Å². The Bertz CT molecular complexity index is 636. The van der Waals surface area contributed by atoms with Crippen LogP contribution in [0.3, 0.4) is 0 Å². The van der Waals surface area contributed by atoms with E-state index in [9.17, 15) is 10.1 Å². The van der Waals surface area contributed by atoms with E-state index >= 15 is 0 Å². The Hall–Kier alpha value is -1.95. The molecule has 1 atom stereocenters. The average Bonchev–Trinajstić information content (AvgIpc) is 2.67. The van der Waals surface area contributed by atoms with Crippen LogP contribution in [0.25, 0.3) is 10.2 Å². The van der Waals surface area contributed by atoms with E-state index in [1.807, 2.05) is 13.8 Å². The minimum atomic E-state index is -0.364. The molecule has 2 aromatic rings. The second kappa shape index (κ2) is 5.36. The highest BCUT2D eigenvalue weighted by molar-refractivity contribution is 7.18. The average molecular weight is 277 g/mol. The van der Waals surface area contributed by atoms with Crippen LogP contribution >= 0.6 is 11.3 Å². The summed E-state index contributed by atoms with van der Waals surface area (Å²) in [6.07, 6.45) is 2.53. The van der Waals surface area contributed by atoms with Crippen LogP contribution in [0.15, 0.2) is 24.8 Å². The molecule has 0 saturated heterocycles. The van der Waals surface area contributed by atoms with Crippen molar-refractivity contribution in [3.05, 3.63) is 39.9 Å². The number of aryl methyl sites for hydroxylation is 1. The maximum atomic E-state index is 11.1. The van der Waals surface area contributed by atoms with Crippen molar-refractivity contribution in [2.45, 2.75) is 26.3 Å². The quantitative estimate of drug-likeness (QED) is 0.511.